The Morgan fingerprint density at radius 1 is 1.69 bits per heavy atom. The molecular formula is C10H9ClN2O3. The van der Waals surface area contributed by atoms with Crippen LogP contribution in [0.3, 0.4) is 0 Å². The minimum absolute atomic E-state index is 0.192. The van der Waals surface area contributed by atoms with Crippen molar-refractivity contribution in [1.82, 2.24) is 9.38 Å². The van der Waals surface area contributed by atoms with E-state index >= 15 is 0 Å². The molecule has 0 amide bonds. The number of hydrogen-bond donors (Lipinski definition) is 1. The van der Waals surface area contributed by atoms with Crippen LogP contribution in [0.25, 0.3) is 5.65 Å². The number of pyridine rings is 1. The highest BCUT2D eigenvalue weighted by atomic mass is 35.5. The molecule has 0 atom stereocenters. The summed E-state index contributed by atoms with van der Waals surface area (Å²) in [4.78, 5) is 14.7. The van der Waals surface area contributed by atoms with Gasteiger partial charge in [0.05, 0.1) is 19.2 Å². The molecule has 0 aliphatic heterocycles. The van der Waals surface area contributed by atoms with E-state index in [9.17, 15) is 4.79 Å². The van der Waals surface area contributed by atoms with Gasteiger partial charge in [0.2, 0.25) is 0 Å². The topological polar surface area (TPSA) is 63.8 Å². The monoisotopic (exact) mass is 240 g/mol. The average molecular weight is 241 g/mol. The van der Waals surface area contributed by atoms with Crippen molar-refractivity contribution in [2.75, 3.05) is 7.11 Å². The van der Waals surface area contributed by atoms with Crippen LogP contribution in [-0.2, 0) is 11.2 Å². The van der Waals surface area contributed by atoms with Crippen molar-refractivity contribution in [1.29, 1.82) is 0 Å². The molecule has 0 fully saturated rings. The molecule has 0 aliphatic rings. The molecule has 0 saturated carbocycles. The quantitative estimate of drug-likeness (QED) is 0.886. The second-order valence-electron chi connectivity index (χ2n) is 3.21. The van der Waals surface area contributed by atoms with E-state index in [1.165, 1.54) is 0 Å². The summed E-state index contributed by atoms with van der Waals surface area (Å²) in [5.41, 5.74) is 0.919. The van der Waals surface area contributed by atoms with Gasteiger partial charge in [-0.15, -0.1) is 0 Å². The molecule has 1 N–H and O–H groups in total. The van der Waals surface area contributed by atoms with Gasteiger partial charge in [-0.25, -0.2) is 4.98 Å². The van der Waals surface area contributed by atoms with Crippen LogP contribution in [0.5, 0.6) is 5.75 Å². The fourth-order valence-corrected chi connectivity index (χ4v) is 1.68. The Morgan fingerprint density at radius 3 is 3.06 bits per heavy atom. The van der Waals surface area contributed by atoms with Crippen molar-refractivity contribution in [3.63, 3.8) is 0 Å². The number of ether oxygens (including phenoxy) is 1. The number of rotatable bonds is 3. The van der Waals surface area contributed by atoms with Gasteiger partial charge in [0.1, 0.15) is 16.5 Å². The lowest BCUT2D eigenvalue weighted by Gasteiger charge is -1.99. The van der Waals surface area contributed by atoms with Crippen molar-refractivity contribution in [3.8, 4) is 5.75 Å². The highest BCUT2D eigenvalue weighted by Crippen LogP contribution is 2.21. The van der Waals surface area contributed by atoms with E-state index in [1.807, 2.05) is 0 Å². The van der Waals surface area contributed by atoms with E-state index in [4.69, 9.17) is 21.4 Å². The summed E-state index contributed by atoms with van der Waals surface area (Å²) in [7, 11) is 1.55. The molecule has 0 unspecified atom stereocenters. The molecule has 6 heteroatoms. The molecule has 84 valence electrons. The van der Waals surface area contributed by atoms with Gasteiger partial charge in [-0.3, -0.25) is 9.20 Å². The van der Waals surface area contributed by atoms with Gasteiger partial charge >= 0.3 is 5.97 Å². The minimum Gasteiger partial charge on any atom is -0.497 e. The molecule has 16 heavy (non-hydrogen) atoms. The maximum absolute atomic E-state index is 10.6. The average Bonchev–Trinajstić information content (AvgIpc) is 2.54. The molecular weight excluding hydrogens is 232 g/mol. The van der Waals surface area contributed by atoms with Crippen LogP contribution in [0, 0.1) is 0 Å². The smallest absolute Gasteiger partial charge is 0.309 e. The number of hydrogen-bond acceptors (Lipinski definition) is 3. The lowest BCUT2D eigenvalue weighted by molar-refractivity contribution is -0.136. The van der Waals surface area contributed by atoms with Crippen molar-refractivity contribution in [2.24, 2.45) is 0 Å². The van der Waals surface area contributed by atoms with Gasteiger partial charge in [-0.1, -0.05) is 11.6 Å². The first-order chi connectivity index (χ1) is 7.61. The largest absolute Gasteiger partial charge is 0.497 e. The highest BCUT2D eigenvalue weighted by molar-refractivity contribution is 6.30. The van der Waals surface area contributed by atoms with Crippen molar-refractivity contribution < 1.29 is 14.6 Å². The van der Waals surface area contributed by atoms with Gasteiger partial charge in [-0.2, -0.15) is 0 Å². The third kappa shape index (κ3) is 1.81. The summed E-state index contributed by atoms with van der Waals surface area (Å²) in [5.74, 6) is -0.312. The Labute approximate surface area is 96.2 Å². The molecule has 0 saturated heterocycles. The molecule has 0 radical (unpaired) electrons. The summed E-state index contributed by atoms with van der Waals surface area (Å²) in [6, 6.07) is 3.42. The summed E-state index contributed by atoms with van der Waals surface area (Å²) in [6.45, 7) is 0. The van der Waals surface area contributed by atoms with Crippen molar-refractivity contribution in [3.05, 3.63) is 29.2 Å². The van der Waals surface area contributed by atoms with Crippen LogP contribution in [-0.4, -0.2) is 27.6 Å². The molecule has 2 aromatic heterocycles. The van der Waals surface area contributed by atoms with Crippen LogP contribution in [0.1, 0.15) is 5.69 Å². The zero-order valence-corrected chi connectivity index (χ0v) is 9.23. The second-order valence-corrected chi connectivity index (χ2v) is 3.57. The fraction of sp³-hybridized carbons (Fsp3) is 0.200. The molecule has 2 aromatic rings. The van der Waals surface area contributed by atoms with Crippen molar-refractivity contribution in [2.45, 2.75) is 6.42 Å². The lowest BCUT2D eigenvalue weighted by Crippen LogP contribution is -2.00. The summed E-state index contributed by atoms with van der Waals surface area (Å²) < 4.78 is 6.65. The number of imidazole rings is 1. The number of carboxylic acids is 1. The first-order valence-electron chi connectivity index (χ1n) is 4.54. The minimum atomic E-state index is -0.961. The third-order valence-electron chi connectivity index (χ3n) is 2.16. The van der Waals surface area contributed by atoms with E-state index < -0.39 is 5.97 Å². The molecule has 5 nitrogen and oxygen atoms in total. The zero-order valence-electron chi connectivity index (χ0n) is 8.48. The second kappa shape index (κ2) is 4.02. The van der Waals surface area contributed by atoms with Crippen LogP contribution in [0.4, 0.5) is 0 Å². The van der Waals surface area contributed by atoms with E-state index in [2.05, 4.69) is 4.98 Å². The Balaban J connectivity index is 2.54. The predicted octanol–water partition coefficient (Wildman–Crippen LogP) is 1.62. The molecule has 2 heterocycles. The number of aromatic nitrogens is 2. The van der Waals surface area contributed by atoms with Crippen molar-refractivity contribution >= 4 is 23.2 Å². The molecule has 0 bridgehead atoms. The van der Waals surface area contributed by atoms with E-state index in [0.29, 0.717) is 22.2 Å². The normalized spacial score (nSPS) is 10.6. The van der Waals surface area contributed by atoms with Crippen LogP contribution < -0.4 is 4.74 Å². The number of carboxylic acid groups (broad SMARTS) is 1. The number of nitrogens with zero attached hydrogens (tertiary/aromatic N) is 2. The number of halogens is 1. The number of methoxy groups -OCH3 is 1. The van der Waals surface area contributed by atoms with Gasteiger partial charge in [0.15, 0.2) is 0 Å². The molecule has 2 rings (SSSR count). The first-order valence-corrected chi connectivity index (χ1v) is 4.92. The SMILES string of the molecule is COc1ccn2c(Cl)c(CC(=O)O)nc2c1. The number of fused-ring (bicyclic) bond motifs is 1. The zero-order chi connectivity index (χ0) is 11.7. The fourth-order valence-electron chi connectivity index (χ4n) is 1.43. The van der Waals surface area contributed by atoms with Crippen LogP contribution in [0.2, 0.25) is 5.15 Å². The summed E-state index contributed by atoms with van der Waals surface area (Å²) in [6.07, 6.45) is 1.50. The molecule has 0 aliphatic carbocycles. The standard InChI is InChI=1S/C10H9ClN2O3/c1-16-6-2-3-13-8(4-6)12-7(10(13)11)5-9(14)15/h2-4H,5H2,1H3,(H,14,15). The van der Waals surface area contributed by atoms with Crippen LogP contribution in [0.15, 0.2) is 18.3 Å². The Hall–Kier alpha value is -1.75. The van der Waals surface area contributed by atoms with Gasteiger partial charge < -0.3 is 9.84 Å². The van der Waals surface area contributed by atoms with Crippen LogP contribution >= 0.6 is 11.6 Å². The first kappa shape index (κ1) is 10.8. The number of aliphatic carboxylic acids is 1. The third-order valence-corrected chi connectivity index (χ3v) is 2.56. The summed E-state index contributed by atoms with van der Waals surface area (Å²) >= 11 is 5.99. The van der Waals surface area contributed by atoms with Gasteiger partial charge in [0, 0.05) is 12.3 Å². The Morgan fingerprint density at radius 2 is 2.44 bits per heavy atom. The Bertz CT molecular complexity index is 550. The maximum atomic E-state index is 10.6. The van der Waals surface area contributed by atoms with Gasteiger partial charge in [-0.05, 0) is 6.07 Å². The van der Waals surface area contributed by atoms with Gasteiger partial charge in [0.25, 0.3) is 0 Å². The molecule has 0 aromatic carbocycles. The molecule has 0 spiro atoms. The lowest BCUT2D eigenvalue weighted by atomic mass is 10.3. The van der Waals surface area contributed by atoms with E-state index in [-0.39, 0.29) is 6.42 Å². The number of carbonyl (C=O) groups is 1. The van der Waals surface area contributed by atoms with E-state index in [0.717, 1.165) is 0 Å². The summed E-state index contributed by atoms with van der Waals surface area (Å²) in [5, 5.41) is 9.00. The predicted molar refractivity (Wildman–Crippen MR) is 58.1 cm³/mol. The highest BCUT2D eigenvalue weighted by Gasteiger charge is 2.13. The Kier molecular flexibility index (Phi) is 2.70. The maximum Gasteiger partial charge on any atom is 0.309 e. The van der Waals surface area contributed by atoms with E-state index in [1.54, 1.807) is 29.8 Å².